The fraction of sp³-hybridized carbons (Fsp3) is 0.105. The van der Waals surface area contributed by atoms with E-state index in [0.717, 1.165) is 22.3 Å². The van der Waals surface area contributed by atoms with Crippen LogP contribution in [0, 0.1) is 6.92 Å². The van der Waals surface area contributed by atoms with E-state index >= 15 is 0 Å². The van der Waals surface area contributed by atoms with Crippen molar-refractivity contribution in [3.8, 4) is 5.69 Å². The van der Waals surface area contributed by atoms with Gasteiger partial charge in [0.1, 0.15) is 5.69 Å². The van der Waals surface area contributed by atoms with Crippen LogP contribution in [0.5, 0.6) is 0 Å². The van der Waals surface area contributed by atoms with Crippen molar-refractivity contribution in [2.75, 3.05) is 5.32 Å². The van der Waals surface area contributed by atoms with Crippen LogP contribution in [-0.4, -0.2) is 25.2 Å². The highest BCUT2D eigenvalue weighted by Gasteiger charge is 2.14. The second-order valence-electron chi connectivity index (χ2n) is 5.91. The Morgan fingerprint density at radius 3 is 2.56 bits per heavy atom. The molecule has 0 aliphatic rings. The molecule has 0 aliphatic heterocycles. The van der Waals surface area contributed by atoms with E-state index in [1.54, 1.807) is 17.9 Å². The lowest BCUT2D eigenvalue weighted by Gasteiger charge is -2.08. The third-order valence-electron chi connectivity index (χ3n) is 4.18. The predicted octanol–water partition coefficient (Wildman–Crippen LogP) is 3.32. The molecule has 1 N–H and O–H groups in total. The minimum atomic E-state index is -0.171. The zero-order valence-corrected chi connectivity index (χ0v) is 14.0. The third kappa shape index (κ3) is 2.67. The average molecular weight is 331 g/mol. The van der Waals surface area contributed by atoms with Gasteiger partial charge in [0, 0.05) is 18.1 Å². The molecule has 0 spiro atoms. The smallest absolute Gasteiger partial charge is 0.274 e. The molecule has 0 radical (unpaired) electrons. The number of benzene rings is 2. The fourth-order valence-electron chi connectivity index (χ4n) is 2.93. The van der Waals surface area contributed by atoms with E-state index in [0.29, 0.717) is 11.4 Å². The minimum absolute atomic E-state index is 0.171. The second kappa shape index (κ2) is 5.90. The van der Waals surface area contributed by atoms with Crippen LogP contribution in [0.25, 0.3) is 16.6 Å². The van der Waals surface area contributed by atoms with Crippen molar-refractivity contribution in [3.05, 3.63) is 72.4 Å². The topological polar surface area (TPSA) is 64.7 Å². The van der Waals surface area contributed by atoms with Crippen molar-refractivity contribution >= 4 is 22.5 Å². The summed E-state index contributed by atoms with van der Waals surface area (Å²) in [4.78, 5) is 16.6. The number of amides is 1. The number of carbonyl (C=O) groups is 1. The van der Waals surface area contributed by atoms with Crippen LogP contribution in [0.4, 0.5) is 5.69 Å². The lowest BCUT2D eigenvalue weighted by Crippen LogP contribution is -2.16. The number of nitrogens with one attached hydrogen (secondary N) is 1. The number of carbonyl (C=O) groups excluding carboxylic acids is 1. The maximum Gasteiger partial charge on any atom is 0.274 e. The molecule has 4 rings (SSSR count). The molecule has 4 aromatic rings. The fourth-order valence-corrected chi connectivity index (χ4v) is 2.93. The molecule has 25 heavy (non-hydrogen) atoms. The summed E-state index contributed by atoms with van der Waals surface area (Å²) in [5.41, 5.74) is 3.98. The molecule has 124 valence electrons. The Balaban J connectivity index is 1.59. The summed E-state index contributed by atoms with van der Waals surface area (Å²) in [5.74, 6) is -0.171. The van der Waals surface area contributed by atoms with Crippen molar-refractivity contribution in [1.82, 2.24) is 19.3 Å². The molecular weight excluding hydrogens is 314 g/mol. The lowest BCUT2D eigenvalue weighted by molar-refractivity contribution is 0.101. The molecule has 2 aromatic heterocycles. The van der Waals surface area contributed by atoms with Crippen LogP contribution < -0.4 is 5.32 Å². The summed E-state index contributed by atoms with van der Waals surface area (Å²) in [6, 6.07) is 15.7. The van der Waals surface area contributed by atoms with Crippen molar-refractivity contribution in [3.63, 3.8) is 0 Å². The van der Waals surface area contributed by atoms with Crippen molar-refractivity contribution < 1.29 is 4.79 Å². The van der Waals surface area contributed by atoms with Gasteiger partial charge in [-0.1, -0.05) is 18.2 Å². The Morgan fingerprint density at radius 1 is 1.08 bits per heavy atom. The second-order valence-corrected chi connectivity index (χ2v) is 5.91. The number of fused-ring (bicyclic) bond motifs is 1. The molecule has 0 saturated heterocycles. The number of para-hydroxylation sites is 1. The summed E-state index contributed by atoms with van der Waals surface area (Å²) in [7, 11) is 1.81. The molecule has 1 amide bonds. The monoisotopic (exact) mass is 331 g/mol. The van der Waals surface area contributed by atoms with Crippen molar-refractivity contribution in [1.29, 1.82) is 0 Å². The molecule has 0 aliphatic carbocycles. The zero-order chi connectivity index (χ0) is 17.4. The van der Waals surface area contributed by atoms with Crippen LogP contribution in [0.1, 0.15) is 16.2 Å². The number of aryl methyl sites for hydroxylation is 2. The molecule has 0 atom stereocenters. The van der Waals surface area contributed by atoms with Gasteiger partial charge in [-0.3, -0.25) is 4.79 Å². The van der Waals surface area contributed by atoms with E-state index in [1.165, 1.54) is 0 Å². The van der Waals surface area contributed by atoms with Gasteiger partial charge in [-0.05, 0) is 37.3 Å². The molecule has 2 aromatic carbocycles. The van der Waals surface area contributed by atoms with Crippen molar-refractivity contribution in [2.24, 2.45) is 7.05 Å². The van der Waals surface area contributed by atoms with Gasteiger partial charge in [-0.25, -0.2) is 9.67 Å². The maximum atomic E-state index is 12.4. The highest BCUT2D eigenvalue weighted by molar-refractivity contribution is 6.03. The Morgan fingerprint density at radius 2 is 1.84 bits per heavy atom. The van der Waals surface area contributed by atoms with Gasteiger partial charge in [-0.2, -0.15) is 5.10 Å². The first kappa shape index (κ1) is 15.1. The van der Waals surface area contributed by atoms with E-state index in [9.17, 15) is 4.79 Å². The molecule has 6 nitrogen and oxygen atoms in total. The van der Waals surface area contributed by atoms with Crippen LogP contribution in [-0.2, 0) is 7.05 Å². The van der Waals surface area contributed by atoms with E-state index in [1.807, 2.05) is 66.3 Å². The molecule has 2 heterocycles. The number of imidazole rings is 1. The molecule has 0 saturated carbocycles. The molecule has 0 bridgehead atoms. The standard InChI is InChI=1S/C19H17N5O/c1-13-18(23(2)12-20-13)19(25)22-15-7-9-16(10-8-15)24-17-6-4-3-5-14(17)11-21-24/h3-12H,1-2H3,(H,22,25). The SMILES string of the molecule is Cc1ncn(C)c1C(=O)Nc1ccc(-n2ncc3ccccc32)cc1. The lowest BCUT2D eigenvalue weighted by atomic mass is 10.2. The first-order valence-corrected chi connectivity index (χ1v) is 7.96. The van der Waals surface area contributed by atoms with E-state index in [-0.39, 0.29) is 5.91 Å². The summed E-state index contributed by atoms with van der Waals surface area (Å²) in [6.45, 7) is 1.82. The average Bonchev–Trinajstić information content (AvgIpc) is 3.19. The summed E-state index contributed by atoms with van der Waals surface area (Å²) in [5, 5.41) is 8.43. The van der Waals surface area contributed by atoms with E-state index < -0.39 is 0 Å². The van der Waals surface area contributed by atoms with Gasteiger partial charge in [0.15, 0.2) is 0 Å². The molecule has 6 heteroatoms. The highest BCUT2D eigenvalue weighted by Crippen LogP contribution is 2.20. The summed E-state index contributed by atoms with van der Waals surface area (Å²) in [6.07, 6.45) is 3.48. The molecular formula is C19H17N5O. The summed E-state index contributed by atoms with van der Waals surface area (Å²) >= 11 is 0. The van der Waals surface area contributed by atoms with Crippen LogP contribution in [0.15, 0.2) is 61.1 Å². The number of aromatic nitrogens is 4. The number of hydrogen-bond acceptors (Lipinski definition) is 3. The highest BCUT2D eigenvalue weighted by atomic mass is 16.2. The van der Waals surface area contributed by atoms with Gasteiger partial charge in [0.25, 0.3) is 5.91 Å². The number of hydrogen-bond donors (Lipinski definition) is 1. The Hall–Kier alpha value is -3.41. The van der Waals surface area contributed by atoms with Crippen LogP contribution in [0.3, 0.4) is 0 Å². The summed E-state index contributed by atoms with van der Waals surface area (Å²) < 4.78 is 3.60. The van der Waals surface area contributed by atoms with Gasteiger partial charge in [0.05, 0.1) is 29.4 Å². The van der Waals surface area contributed by atoms with Gasteiger partial charge >= 0.3 is 0 Å². The van der Waals surface area contributed by atoms with Gasteiger partial charge in [-0.15, -0.1) is 0 Å². The predicted molar refractivity (Wildman–Crippen MR) is 97.0 cm³/mol. The third-order valence-corrected chi connectivity index (χ3v) is 4.18. The van der Waals surface area contributed by atoms with Crippen molar-refractivity contribution in [2.45, 2.75) is 6.92 Å². The van der Waals surface area contributed by atoms with E-state index in [4.69, 9.17) is 0 Å². The first-order chi connectivity index (χ1) is 12.1. The Labute approximate surface area is 144 Å². The van der Waals surface area contributed by atoms with Gasteiger partial charge in [0.2, 0.25) is 0 Å². The number of nitrogens with zero attached hydrogens (tertiary/aromatic N) is 4. The van der Waals surface area contributed by atoms with E-state index in [2.05, 4.69) is 15.4 Å². The normalized spacial score (nSPS) is 11.0. The van der Waals surface area contributed by atoms with Crippen LogP contribution in [0.2, 0.25) is 0 Å². The largest absolute Gasteiger partial charge is 0.330 e. The van der Waals surface area contributed by atoms with Crippen LogP contribution >= 0.6 is 0 Å². The Bertz CT molecular complexity index is 1040. The van der Waals surface area contributed by atoms with Gasteiger partial charge < -0.3 is 9.88 Å². The number of rotatable bonds is 3. The minimum Gasteiger partial charge on any atom is -0.330 e. The zero-order valence-electron chi connectivity index (χ0n) is 14.0. The first-order valence-electron chi connectivity index (χ1n) is 7.96. The Kier molecular flexibility index (Phi) is 3.57. The molecule has 0 unspecified atom stereocenters. The number of anilines is 1. The molecule has 0 fully saturated rings. The quantitative estimate of drug-likeness (QED) is 0.626. The maximum absolute atomic E-state index is 12.4.